The molecule has 1 amide bonds. The zero-order valence-electron chi connectivity index (χ0n) is 17.5. The van der Waals surface area contributed by atoms with Crippen molar-refractivity contribution in [1.29, 1.82) is 0 Å². The van der Waals surface area contributed by atoms with E-state index in [2.05, 4.69) is 32.2 Å². The molecule has 0 aliphatic rings. The molecule has 0 unspecified atom stereocenters. The van der Waals surface area contributed by atoms with Crippen molar-refractivity contribution in [1.82, 2.24) is 0 Å². The van der Waals surface area contributed by atoms with Gasteiger partial charge in [-0.25, -0.2) is 0 Å². The molecule has 0 bridgehead atoms. The van der Waals surface area contributed by atoms with E-state index >= 15 is 0 Å². The van der Waals surface area contributed by atoms with E-state index in [0.29, 0.717) is 6.42 Å². The first-order valence-corrected chi connectivity index (χ1v) is 11.0. The van der Waals surface area contributed by atoms with Crippen molar-refractivity contribution in [2.75, 3.05) is 5.32 Å². The average Bonchev–Trinajstić information content (AvgIpc) is 2.58. The van der Waals surface area contributed by atoms with Gasteiger partial charge in [0.2, 0.25) is 5.91 Å². The number of carbonyl (C=O) groups is 1. The fourth-order valence-corrected chi connectivity index (χ4v) is 3.57. The van der Waals surface area contributed by atoms with Crippen molar-refractivity contribution in [3.8, 4) is 0 Å². The number of carbonyl (C=O) groups excluding carboxylic acids is 1. The molecule has 26 heavy (non-hydrogen) atoms. The molecular weight excluding hydrogens is 318 g/mol. The number of nitrogens with one attached hydrogen (secondary N) is 1. The van der Waals surface area contributed by atoms with Crippen molar-refractivity contribution >= 4 is 11.6 Å². The maximum atomic E-state index is 12.0. The topological polar surface area (TPSA) is 29.1 Å². The van der Waals surface area contributed by atoms with Crippen LogP contribution >= 0.6 is 0 Å². The van der Waals surface area contributed by atoms with E-state index in [1.54, 1.807) is 0 Å². The SMILES string of the molecule is CCCCCCCCCCCCCCCC(=O)Nc1cc(C)cc(C)c1. The Balaban J connectivity index is 1.91. The first kappa shape index (κ1) is 22.7. The number of aryl methyl sites for hydroxylation is 2. The van der Waals surface area contributed by atoms with Gasteiger partial charge in [-0.3, -0.25) is 4.79 Å². The lowest BCUT2D eigenvalue weighted by atomic mass is 10.0. The maximum Gasteiger partial charge on any atom is 0.224 e. The summed E-state index contributed by atoms with van der Waals surface area (Å²) in [7, 11) is 0. The first-order chi connectivity index (χ1) is 12.6. The summed E-state index contributed by atoms with van der Waals surface area (Å²) in [6.45, 7) is 6.40. The lowest BCUT2D eigenvalue weighted by molar-refractivity contribution is -0.116. The molecular formula is C24H41NO. The van der Waals surface area contributed by atoms with Gasteiger partial charge in [-0.1, -0.05) is 90.0 Å². The van der Waals surface area contributed by atoms with Gasteiger partial charge in [-0.2, -0.15) is 0 Å². The number of amides is 1. The molecule has 0 aliphatic heterocycles. The summed E-state index contributed by atoms with van der Waals surface area (Å²) in [5.74, 6) is 0.151. The van der Waals surface area contributed by atoms with E-state index in [4.69, 9.17) is 0 Å². The van der Waals surface area contributed by atoms with Crippen LogP contribution in [0.5, 0.6) is 0 Å². The molecule has 1 N–H and O–H groups in total. The van der Waals surface area contributed by atoms with Crippen molar-refractivity contribution in [2.45, 2.75) is 111 Å². The first-order valence-electron chi connectivity index (χ1n) is 11.0. The van der Waals surface area contributed by atoms with Gasteiger partial charge in [-0.15, -0.1) is 0 Å². The Morgan fingerprint density at radius 2 is 1.12 bits per heavy atom. The van der Waals surface area contributed by atoms with E-state index in [-0.39, 0.29) is 5.91 Å². The third-order valence-corrected chi connectivity index (χ3v) is 5.01. The molecule has 1 rings (SSSR count). The maximum absolute atomic E-state index is 12.0. The van der Waals surface area contributed by atoms with Gasteiger partial charge in [0.1, 0.15) is 0 Å². The summed E-state index contributed by atoms with van der Waals surface area (Å²) >= 11 is 0. The van der Waals surface area contributed by atoms with Gasteiger partial charge in [0.05, 0.1) is 0 Å². The fourth-order valence-electron chi connectivity index (χ4n) is 3.57. The van der Waals surface area contributed by atoms with E-state index in [1.807, 2.05) is 12.1 Å². The molecule has 0 atom stereocenters. The minimum absolute atomic E-state index is 0.151. The van der Waals surface area contributed by atoms with Crippen LogP contribution in [-0.4, -0.2) is 5.91 Å². The zero-order valence-corrected chi connectivity index (χ0v) is 17.5. The molecule has 1 aromatic carbocycles. The van der Waals surface area contributed by atoms with E-state index in [0.717, 1.165) is 12.1 Å². The normalized spacial score (nSPS) is 10.9. The molecule has 0 aliphatic carbocycles. The monoisotopic (exact) mass is 359 g/mol. The number of unbranched alkanes of at least 4 members (excludes halogenated alkanes) is 12. The fraction of sp³-hybridized carbons (Fsp3) is 0.708. The van der Waals surface area contributed by atoms with E-state index in [1.165, 1.54) is 88.2 Å². The molecule has 0 fully saturated rings. The highest BCUT2D eigenvalue weighted by Gasteiger charge is 2.03. The molecule has 2 heteroatoms. The lowest BCUT2D eigenvalue weighted by Gasteiger charge is -2.07. The molecule has 0 spiro atoms. The summed E-state index contributed by atoms with van der Waals surface area (Å²) in [5, 5.41) is 3.03. The van der Waals surface area contributed by atoms with Gasteiger partial charge in [0.15, 0.2) is 0 Å². The molecule has 0 saturated heterocycles. The van der Waals surface area contributed by atoms with Gasteiger partial charge in [0, 0.05) is 12.1 Å². The Bertz CT molecular complexity index is 475. The smallest absolute Gasteiger partial charge is 0.224 e. The predicted octanol–water partition coefficient (Wildman–Crippen LogP) is 7.72. The van der Waals surface area contributed by atoms with Crippen LogP contribution < -0.4 is 5.32 Å². The third kappa shape index (κ3) is 12.1. The van der Waals surface area contributed by atoms with Gasteiger partial charge >= 0.3 is 0 Å². The highest BCUT2D eigenvalue weighted by Crippen LogP contribution is 2.15. The van der Waals surface area contributed by atoms with Crippen LogP contribution in [0.1, 0.15) is 108 Å². The summed E-state index contributed by atoms with van der Waals surface area (Å²) in [4.78, 5) is 12.0. The van der Waals surface area contributed by atoms with Crippen molar-refractivity contribution < 1.29 is 4.79 Å². The van der Waals surface area contributed by atoms with Crippen molar-refractivity contribution in [3.63, 3.8) is 0 Å². The largest absolute Gasteiger partial charge is 0.326 e. The quantitative estimate of drug-likeness (QED) is 0.319. The number of hydrogen-bond acceptors (Lipinski definition) is 1. The number of benzene rings is 1. The summed E-state index contributed by atoms with van der Waals surface area (Å²) in [5.41, 5.74) is 3.32. The second kappa shape index (κ2) is 14.8. The molecule has 1 aromatic rings. The number of rotatable bonds is 15. The van der Waals surface area contributed by atoms with Crippen LogP contribution in [0.4, 0.5) is 5.69 Å². The van der Waals surface area contributed by atoms with Crippen molar-refractivity contribution in [3.05, 3.63) is 29.3 Å². The third-order valence-electron chi connectivity index (χ3n) is 5.01. The van der Waals surface area contributed by atoms with Gasteiger partial charge in [0.25, 0.3) is 0 Å². The Kier molecular flexibility index (Phi) is 13.0. The lowest BCUT2D eigenvalue weighted by Crippen LogP contribution is -2.11. The molecule has 148 valence electrons. The molecule has 0 heterocycles. The minimum Gasteiger partial charge on any atom is -0.326 e. The molecule has 2 nitrogen and oxygen atoms in total. The van der Waals surface area contributed by atoms with Crippen LogP contribution in [0.15, 0.2) is 18.2 Å². The van der Waals surface area contributed by atoms with Crippen LogP contribution in [0.25, 0.3) is 0 Å². The minimum atomic E-state index is 0.151. The molecule has 0 radical (unpaired) electrons. The number of anilines is 1. The highest BCUT2D eigenvalue weighted by atomic mass is 16.1. The Hall–Kier alpha value is -1.31. The second-order valence-electron chi connectivity index (χ2n) is 7.92. The molecule has 0 aromatic heterocycles. The predicted molar refractivity (Wildman–Crippen MR) is 115 cm³/mol. The standard InChI is InChI=1S/C24H41NO/c1-4-5-6-7-8-9-10-11-12-13-14-15-16-17-24(26)25-23-19-21(2)18-22(3)20-23/h18-20H,4-17H2,1-3H3,(H,25,26). The van der Waals surface area contributed by atoms with Crippen molar-refractivity contribution in [2.24, 2.45) is 0 Å². The van der Waals surface area contributed by atoms with Crippen LogP contribution in [0.2, 0.25) is 0 Å². The number of hydrogen-bond donors (Lipinski definition) is 1. The summed E-state index contributed by atoms with van der Waals surface area (Å²) in [6.07, 6.45) is 18.0. The highest BCUT2D eigenvalue weighted by molar-refractivity contribution is 5.90. The average molecular weight is 360 g/mol. The second-order valence-corrected chi connectivity index (χ2v) is 7.92. The Morgan fingerprint density at radius 3 is 1.58 bits per heavy atom. The van der Waals surface area contributed by atoms with E-state index in [9.17, 15) is 4.79 Å². The molecule has 0 saturated carbocycles. The van der Waals surface area contributed by atoms with Gasteiger partial charge in [-0.05, 0) is 43.5 Å². The Morgan fingerprint density at radius 1 is 0.692 bits per heavy atom. The Labute approximate surface area is 162 Å². The van der Waals surface area contributed by atoms with Crippen LogP contribution in [-0.2, 0) is 4.79 Å². The zero-order chi connectivity index (χ0) is 19.0. The van der Waals surface area contributed by atoms with E-state index < -0.39 is 0 Å². The summed E-state index contributed by atoms with van der Waals surface area (Å²) < 4.78 is 0. The van der Waals surface area contributed by atoms with Crippen LogP contribution in [0, 0.1) is 13.8 Å². The van der Waals surface area contributed by atoms with Crippen LogP contribution in [0.3, 0.4) is 0 Å². The van der Waals surface area contributed by atoms with Gasteiger partial charge < -0.3 is 5.32 Å². The summed E-state index contributed by atoms with van der Waals surface area (Å²) in [6, 6.07) is 6.20.